The van der Waals surface area contributed by atoms with E-state index >= 15 is 0 Å². The van der Waals surface area contributed by atoms with E-state index < -0.39 is 0 Å². The van der Waals surface area contributed by atoms with Crippen LogP contribution in [-0.4, -0.2) is 56.0 Å². The first-order valence-electron chi connectivity index (χ1n) is 9.33. The summed E-state index contributed by atoms with van der Waals surface area (Å²) < 4.78 is 16.4. The molecule has 3 aromatic heterocycles. The third-order valence-corrected chi connectivity index (χ3v) is 5.27. The Balaban J connectivity index is 1.36. The Kier molecular flexibility index (Phi) is 3.70. The molecule has 0 amide bonds. The minimum Gasteiger partial charge on any atom is -0.352 e. The van der Waals surface area contributed by atoms with Gasteiger partial charge >= 0.3 is 0 Å². The van der Waals surface area contributed by atoms with E-state index in [1.807, 2.05) is 24.0 Å². The molecule has 0 atom stereocenters. The van der Waals surface area contributed by atoms with Crippen LogP contribution in [0.3, 0.4) is 0 Å². The van der Waals surface area contributed by atoms with Gasteiger partial charge in [-0.3, -0.25) is 0 Å². The van der Waals surface area contributed by atoms with Gasteiger partial charge in [0.2, 0.25) is 0 Å². The van der Waals surface area contributed by atoms with E-state index in [1.165, 1.54) is 0 Å². The molecule has 2 fully saturated rings. The molecule has 1 aliphatic heterocycles. The van der Waals surface area contributed by atoms with Crippen LogP contribution in [0.25, 0.3) is 5.65 Å². The van der Waals surface area contributed by atoms with Crippen molar-refractivity contribution >= 4 is 17.3 Å². The summed E-state index contributed by atoms with van der Waals surface area (Å²) in [6.45, 7) is 6.49. The molecule has 3 aromatic rings. The van der Waals surface area contributed by atoms with Crippen molar-refractivity contribution in [2.75, 3.05) is 36.0 Å². The highest BCUT2D eigenvalue weighted by Crippen LogP contribution is 2.39. The second-order valence-corrected chi connectivity index (χ2v) is 7.26. The van der Waals surface area contributed by atoms with E-state index in [9.17, 15) is 4.39 Å². The summed E-state index contributed by atoms with van der Waals surface area (Å²) in [7, 11) is 0. The molecule has 5 rings (SSSR count). The Bertz CT molecular complexity index is 1000. The number of halogens is 1. The fraction of sp³-hybridized carbons (Fsp3) is 0.500. The topological polar surface area (TPSA) is 75.3 Å². The Morgan fingerprint density at radius 3 is 2.44 bits per heavy atom. The SMILES string of the molecule is Cc1nc(C2CC2)nc(N2CCN(c3ccc4nnc(C)n4n3)CC2)c1F. The van der Waals surface area contributed by atoms with Crippen LogP contribution in [0.4, 0.5) is 16.0 Å². The highest BCUT2D eigenvalue weighted by molar-refractivity contribution is 5.49. The maximum atomic E-state index is 14.6. The van der Waals surface area contributed by atoms with Gasteiger partial charge in [0.15, 0.2) is 23.1 Å². The normalized spacial score (nSPS) is 17.7. The molecule has 8 nitrogen and oxygen atoms in total. The summed E-state index contributed by atoms with van der Waals surface area (Å²) in [5.41, 5.74) is 1.18. The molecule has 1 saturated carbocycles. The van der Waals surface area contributed by atoms with Gasteiger partial charge < -0.3 is 9.80 Å². The molecule has 0 aromatic carbocycles. The molecular formula is C18H21FN8. The first-order chi connectivity index (χ1) is 13.1. The fourth-order valence-electron chi connectivity index (χ4n) is 3.50. The molecule has 1 saturated heterocycles. The average molecular weight is 368 g/mol. The highest BCUT2D eigenvalue weighted by atomic mass is 19.1. The Morgan fingerprint density at radius 1 is 0.963 bits per heavy atom. The molecule has 0 bridgehead atoms. The summed E-state index contributed by atoms with van der Waals surface area (Å²) >= 11 is 0. The summed E-state index contributed by atoms with van der Waals surface area (Å²) in [5, 5.41) is 12.7. The maximum Gasteiger partial charge on any atom is 0.186 e. The maximum absolute atomic E-state index is 14.6. The van der Waals surface area contributed by atoms with Gasteiger partial charge in [-0.05, 0) is 38.8 Å². The zero-order valence-electron chi connectivity index (χ0n) is 15.4. The minimum atomic E-state index is -0.299. The lowest BCUT2D eigenvalue weighted by Gasteiger charge is -2.36. The zero-order valence-corrected chi connectivity index (χ0v) is 15.4. The van der Waals surface area contributed by atoms with Crippen molar-refractivity contribution in [2.24, 2.45) is 0 Å². The van der Waals surface area contributed by atoms with Crippen LogP contribution in [0.15, 0.2) is 12.1 Å². The average Bonchev–Trinajstić information content (AvgIpc) is 3.48. The van der Waals surface area contributed by atoms with Crippen molar-refractivity contribution in [3.8, 4) is 0 Å². The van der Waals surface area contributed by atoms with E-state index in [2.05, 4.69) is 30.2 Å². The lowest BCUT2D eigenvalue weighted by Crippen LogP contribution is -2.47. The molecular weight excluding hydrogens is 347 g/mol. The first kappa shape index (κ1) is 16.3. The lowest BCUT2D eigenvalue weighted by molar-refractivity contribution is 0.567. The van der Waals surface area contributed by atoms with Gasteiger partial charge in [-0.1, -0.05) is 0 Å². The number of rotatable bonds is 3. The van der Waals surface area contributed by atoms with E-state index in [0.717, 1.165) is 49.0 Å². The molecule has 0 N–H and O–H groups in total. The van der Waals surface area contributed by atoms with Gasteiger partial charge in [-0.25, -0.2) is 14.4 Å². The third kappa shape index (κ3) is 2.87. The minimum absolute atomic E-state index is 0.299. The van der Waals surface area contributed by atoms with Gasteiger partial charge in [-0.2, -0.15) is 4.52 Å². The van der Waals surface area contributed by atoms with Crippen molar-refractivity contribution in [1.82, 2.24) is 29.8 Å². The zero-order chi connectivity index (χ0) is 18.5. The number of piperazine rings is 1. The van der Waals surface area contributed by atoms with E-state index in [-0.39, 0.29) is 5.82 Å². The summed E-state index contributed by atoms with van der Waals surface area (Å²) in [6, 6.07) is 3.88. The molecule has 2 aliphatic rings. The molecule has 140 valence electrons. The quantitative estimate of drug-likeness (QED) is 0.699. The highest BCUT2D eigenvalue weighted by Gasteiger charge is 2.30. The van der Waals surface area contributed by atoms with Crippen molar-refractivity contribution in [2.45, 2.75) is 32.6 Å². The van der Waals surface area contributed by atoms with Crippen molar-refractivity contribution in [3.63, 3.8) is 0 Å². The summed E-state index contributed by atoms with van der Waals surface area (Å²) in [4.78, 5) is 13.1. The predicted octanol–water partition coefficient (Wildman–Crippen LogP) is 1.87. The number of hydrogen-bond acceptors (Lipinski definition) is 7. The van der Waals surface area contributed by atoms with Crippen LogP contribution in [0, 0.1) is 19.7 Å². The first-order valence-corrected chi connectivity index (χ1v) is 9.33. The van der Waals surface area contributed by atoms with Crippen LogP contribution in [0.1, 0.15) is 36.1 Å². The monoisotopic (exact) mass is 368 g/mol. The van der Waals surface area contributed by atoms with Crippen LogP contribution in [0.2, 0.25) is 0 Å². The van der Waals surface area contributed by atoms with Gasteiger partial charge in [0, 0.05) is 32.1 Å². The van der Waals surface area contributed by atoms with Gasteiger partial charge in [-0.15, -0.1) is 15.3 Å². The van der Waals surface area contributed by atoms with Crippen molar-refractivity contribution in [3.05, 3.63) is 35.3 Å². The van der Waals surface area contributed by atoms with E-state index in [1.54, 1.807) is 11.4 Å². The molecule has 0 unspecified atom stereocenters. The van der Waals surface area contributed by atoms with Crippen molar-refractivity contribution in [1.29, 1.82) is 0 Å². The van der Waals surface area contributed by atoms with Crippen LogP contribution >= 0.6 is 0 Å². The molecule has 1 aliphatic carbocycles. The largest absolute Gasteiger partial charge is 0.352 e. The third-order valence-electron chi connectivity index (χ3n) is 5.27. The summed E-state index contributed by atoms with van der Waals surface area (Å²) in [5.74, 6) is 2.99. The number of aryl methyl sites for hydroxylation is 2. The molecule has 0 radical (unpaired) electrons. The number of fused-ring (bicyclic) bond motifs is 1. The Hall–Kier alpha value is -2.84. The predicted molar refractivity (Wildman–Crippen MR) is 98.6 cm³/mol. The molecule has 9 heteroatoms. The lowest BCUT2D eigenvalue weighted by atomic mass is 10.2. The molecule has 4 heterocycles. The molecule has 0 spiro atoms. The van der Waals surface area contributed by atoms with Crippen LogP contribution in [0.5, 0.6) is 0 Å². The fourth-order valence-corrected chi connectivity index (χ4v) is 3.50. The van der Waals surface area contributed by atoms with Gasteiger partial charge in [0.05, 0.1) is 5.69 Å². The number of anilines is 2. The number of nitrogens with zero attached hydrogens (tertiary/aromatic N) is 8. The standard InChI is InChI=1S/C18H21FN8/c1-11-16(19)18(21-17(20-11)13-3-4-13)26-9-7-25(8-10-26)15-6-5-14-23-22-12(2)27(14)24-15/h5-6,13H,3-4,7-10H2,1-2H3. The summed E-state index contributed by atoms with van der Waals surface area (Å²) in [6.07, 6.45) is 2.21. The molecule has 27 heavy (non-hydrogen) atoms. The smallest absolute Gasteiger partial charge is 0.186 e. The second-order valence-electron chi connectivity index (χ2n) is 7.26. The van der Waals surface area contributed by atoms with Gasteiger partial charge in [0.25, 0.3) is 0 Å². The van der Waals surface area contributed by atoms with E-state index in [0.29, 0.717) is 30.5 Å². The number of aromatic nitrogens is 6. The van der Waals surface area contributed by atoms with Crippen molar-refractivity contribution < 1.29 is 4.39 Å². The Labute approximate surface area is 156 Å². The van der Waals surface area contributed by atoms with E-state index in [4.69, 9.17) is 0 Å². The number of hydrogen-bond donors (Lipinski definition) is 0. The van der Waals surface area contributed by atoms with Gasteiger partial charge in [0.1, 0.15) is 11.6 Å². The van der Waals surface area contributed by atoms with Crippen LogP contribution < -0.4 is 9.80 Å². The second kappa shape index (κ2) is 6.11. The Morgan fingerprint density at radius 2 is 1.70 bits per heavy atom. The van der Waals surface area contributed by atoms with Crippen LogP contribution in [-0.2, 0) is 0 Å².